The molecule has 68 heavy (non-hydrogen) atoms. The smallest absolute Gasteiger partial charge is 0.306 e. The maximum atomic E-state index is 12.3. The van der Waals surface area contributed by atoms with Gasteiger partial charge in [0.25, 0.3) is 0 Å². The number of carbonyl (C=O) groups excluding carboxylic acids is 2. The average Bonchev–Trinajstić information content (AvgIpc) is 3.34. The first-order chi connectivity index (χ1) is 33.6. The minimum absolute atomic E-state index is 0.0968. The number of ether oxygens (including phenoxy) is 2. The van der Waals surface area contributed by atoms with E-state index in [9.17, 15) is 14.7 Å². The zero-order chi connectivity index (χ0) is 49.2. The Morgan fingerprint density at radius 3 is 0.882 bits per heavy atom. The van der Waals surface area contributed by atoms with Crippen molar-refractivity contribution in [2.75, 3.05) is 13.2 Å². The summed E-state index contributed by atoms with van der Waals surface area (Å²) in [6, 6.07) is 0. The van der Waals surface area contributed by atoms with Crippen molar-refractivity contribution in [3.8, 4) is 0 Å². The third-order valence-corrected chi connectivity index (χ3v) is 10.5. The van der Waals surface area contributed by atoms with Crippen LogP contribution in [0.25, 0.3) is 0 Å². The SMILES string of the molecule is CC/C=C\C/C=C\C/C=C\C/C=C\C/C=C\C/C=C\C/C=C\C/C=C\C/C=C\CCCCCCCC(=O)OC(CO)COC(=O)CCCCCCC/C=C\C/C=C\C/C=C\C/C=C\C/C=C\CC. The normalized spacial score (nSPS) is 13.6. The fourth-order valence-corrected chi connectivity index (χ4v) is 6.57. The van der Waals surface area contributed by atoms with Gasteiger partial charge in [-0.05, 0) is 128 Å². The monoisotopic (exact) mass is 933 g/mol. The molecule has 0 aliphatic heterocycles. The van der Waals surface area contributed by atoms with Gasteiger partial charge in [-0.1, -0.05) is 223 Å². The molecule has 0 aromatic heterocycles. The maximum Gasteiger partial charge on any atom is 0.306 e. The van der Waals surface area contributed by atoms with Crippen LogP contribution in [0.5, 0.6) is 0 Å². The van der Waals surface area contributed by atoms with Crippen LogP contribution in [0.2, 0.25) is 0 Å². The second kappa shape index (κ2) is 56.6. The molecule has 5 nitrogen and oxygen atoms in total. The topological polar surface area (TPSA) is 72.8 Å². The summed E-state index contributed by atoms with van der Waals surface area (Å²) >= 11 is 0. The van der Waals surface area contributed by atoms with Crippen LogP contribution in [0.3, 0.4) is 0 Å². The van der Waals surface area contributed by atoms with E-state index in [2.05, 4.69) is 184 Å². The Morgan fingerprint density at radius 1 is 0.338 bits per heavy atom. The first-order valence-electron chi connectivity index (χ1n) is 26.7. The van der Waals surface area contributed by atoms with Crippen LogP contribution < -0.4 is 0 Å². The molecule has 378 valence electrons. The van der Waals surface area contributed by atoms with Gasteiger partial charge in [-0.2, -0.15) is 0 Å². The standard InChI is InChI=1S/C63H96O5/c1-3-5-7-9-11-13-15-17-19-21-23-25-26-27-28-29-30-31-32-33-34-35-36-38-40-42-44-46-48-50-52-54-56-58-63(66)68-61(59-64)60-67-62(65)57-55-53-51-49-47-45-43-41-39-37-24-22-20-18-16-14-12-10-8-6-4-2/h5-8,11-14,17-20,23-25,27-28,30-31,33-34,36-38,41-44,61,64H,3-4,9-10,15-16,21-22,26,29,32,35,39-40,45-60H2,1-2H3/b7-5-,8-6-,13-11-,14-12-,19-17-,20-18-,25-23-,28-27-,31-30-,34-33-,37-24-,38-36-,43-41-,44-42-. The molecule has 0 rings (SSSR count). The molecule has 0 fully saturated rings. The van der Waals surface area contributed by atoms with Gasteiger partial charge in [-0.15, -0.1) is 0 Å². The lowest BCUT2D eigenvalue weighted by Gasteiger charge is -2.15. The number of esters is 2. The number of hydrogen-bond donors (Lipinski definition) is 1. The predicted octanol–water partition coefficient (Wildman–Crippen LogP) is 18.2. The molecule has 0 spiro atoms. The Labute approximate surface area is 417 Å². The lowest BCUT2D eigenvalue weighted by Crippen LogP contribution is -2.28. The van der Waals surface area contributed by atoms with Crippen molar-refractivity contribution in [1.82, 2.24) is 0 Å². The van der Waals surface area contributed by atoms with Crippen LogP contribution in [0.1, 0.15) is 194 Å². The van der Waals surface area contributed by atoms with E-state index in [-0.39, 0.29) is 25.2 Å². The highest BCUT2D eigenvalue weighted by Gasteiger charge is 2.16. The van der Waals surface area contributed by atoms with Crippen LogP contribution >= 0.6 is 0 Å². The fraction of sp³-hybridized carbons (Fsp3) is 0.524. The van der Waals surface area contributed by atoms with Gasteiger partial charge < -0.3 is 14.6 Å². The van der Waals surface area contributed by atoms with Crippen molar-refractivity contribution in [2.45, 2.75) is 200 Å². The van der Waals surface area contributed by atoms with Crippen molar-refractivity contribution in [1.29, 1.82) is 0 Å². The van der Waals surface area contributed by atoms with Crippen LogP contribution in [0.15, 0.2) is 170 Å². The van der Waals surface area contributed by atoms with Gasteiger partial charge in [0.2, 0.25) is 0 Å². The summed E-state index contributed by atoms with van der Waals surface area (Å²) in [5.74, 6) is -0.651. The molecule has 0 saturated heterocycles. The fourth-order valence-electron chi connectivity index (χ4n) is 6.57. The largest absolute Gasteiger partial charge is 0.462 e. The lowest BCUT2D eigenvalue weighted by molar-refractivity contribution is -0.161. The maximum absolute atomic E-state index is 12.3. The van der Waals surface area contributed by atoms with E-state index >= 15 is 0 Å². The number of aliphatic hydroxyl groups excluding tert-OH is 1. The number of rotatable bonds is 46. The summed E-state index contributed by atoms with van der Waals surface area (Å²) < 4.78 is 10.7. The van der Waals surface area contributed by atoms with E-state index in [0.717, 1.165) is 167 Å². The molecule has 0 heterocycles. The molecule has 0 aliphatic carbocycles. The van der Waals surface area contributed by atoms with E-state index in [1.807, 2.05) is 0 Å². The molecular formula is C63H96O5. The summed E-state index contributed by atoms with van der Waals surface area (Å²) in [5, 5.41) is 9.64. The minimum Gasteiger partial charge on any atom is -0.462 e. The quantitative estimate of drug-likeness (QED) is 0.0374. The summed E-state index contributed by atoms with van der Waals surface area (Å²) in [6.45, 7) is 3.86. The molecule has 0 aromatic rings. The van der Waals surface area contributed by atoms with Crippen LogP contribution in [-0.4, -0.2) is 36.4 Å². The number of carbonyl (C=O) groups is 2. The Balaban J connectivity index is 3.69. The summed E-state index contributed by atoms with van der Waals surface area (Å²) in [5.41, 5.74) is 0. The Hall–Kier alpha value is -4.74. The Kier molecular flexibility index (Phi) is 52.6. The third-order valence-electron chi connectivity index (χ3n) is 10.5. The lowest BCUT2D eigenvalue weighted by atomic mass is 10.1. The zero-order valence-corrected chi connectivity index (χ0v) is 43.0. The third kappa shape index (κ3) is 53.9. The van der Waals surface area contributed by atoms with E-state index in [0.29, 0.717) is 12.8 Å². The van der Waals surface area contributed by atoms with Gasteiger partial charge in [0.15, 0.2) is 6.10 Å². The highest BCUT2D eigenvalue weighted by Crippen LogP contribution is 2.11. The Bertz CT molecular complexity index is 1570. The molecule has 0 bridgehead atoms. The molecular weight excluding hydrogens is 837 g/mol. The van der Waals surface area contributed by atoms with Gasteiger partial charge in [-0.25, -0.2) is 0 Å². The van der Waals surface area contributed by atoms with Crippen LogP contribution in [0.4, 0.5) is 0 Å². The second-order valence-corrected chi connectivity index (χ2v) is 16.8. The van der Waals surface area contributed by atoms with E-state index in [4.69, 9.17) is 9.47 Å². The Morgan fingerprint density at radius 2 is 0.588 bits per heavy atom. The number of hydrogen-bond acceptors (Lipinski definition) is 5. The zero-order valence-electron chi connectivity index (χ0n) is 43.0. The molecule has 0 aliphatic rings. The van der Waals surface area contributed by atoms with Gasteiger partial charge in [0.05, 0.1) is 6.61 Å². The number of unbranched alkanes of at least 4 members (excludes halogenated alkanes) is 10. The molecule has 5 heteroatoms. The van der Waals surface area contributed by atoms with E-state index in [1.54, 1.807) is 0 Å². The highest BCUT2D eigenvalue weighted by atomic mass is 16.6. The second-order valence-electron chi connectivity index (χ2n) is 16.8. The highest BCUT2D eigenvalue weighted by molar-refractivity contribution is 5.70. The van der Waals surface area contributed by atoms with Crippen molar-refractivity contribution < 1.29 is 24.2 Å². The minimum atomic E-state index is -0.806. The van der Waals surface area contributed by atoms with E-state index in [1.165, 1.54) is 0 Å². The molecule has 0 saturated carbocycles. The number of aliphatic hydroxyl groups is 1. The average molecular weight is 933 g/mol. The van der Waals surface area contributed by atoms with Crippen molar-refractivity contribution in [3.05, 3.63) is 170 Å². The predicted molar refractivity (Wildman–Crippen MR) is 297 cm³/mol. The van der Waals surface area contributed by atoms with Gasteiger partial charge in [0, 0.05) is 12.8 Å². The van der Waals surface area contributed by atoms with Crippen LogP contribution in [0, 0.1) is 0 Å². The first-order valence-corrected chi connectivity index (χ1v) is 26.7. The summed E-state index contributed by atoms with van der Waals surface area (Å²) in [4.78, 5) is 24.5. The van der Waals surface area contributed by atoms with Gasteiger partial charge in [0.1, 0.15) is 6.61 Å². The van der Waals surface area contributed by atoms with Crippen molar-refractivity contribution >= 4 is 11.9 Å². The molecule has 1 atom stereocenters. The molecule has 0 amide bonds. The summed E-state index contributed by atoms with van der Waals surface area (Å²) in [6.07, 6.45) is 88.7. The summed E-state index contributed by atoms with van der Waals surface area (Å²) in [7, 11) is 0. The van der Waals surface area contributed by atoms with Crippen LogP contribution in [-0.2, 0) is 19.1 Å². The van der Waals surface area contributed by atoms with Crippen molar-refractivity contribution in [3.63, 3.8) is 0 Å². The van der Waals surface area contributed by atoms with Gasteiger partial charge >= 0.3 is 11.9 Å². The van der Waals surface area contributed by atoms with E-state index < -0.39 is 6.10 Å². The first kappa shape index (κ1) is 63.3. The molecule has 0 aromatic carbocycles. The van der Waals surface area contributed by atoms with Gasteiger partial charge in [-0.3, -0.25) is 9.59 Å². The molecule has 1 unspecified atom stereocenters. The molecule has 1 N–H and O–H groups in total. The van der Waals surface area contributed by atoms with Crippen molar-refractivity contribution in [2.24, 2.45) is 0 Å². The number of allylic oxidation sites excluding steroid dienone is 28. The molecule has 0 radical (unpaired) electrons.